The Balaban J connectivity index is 2.17. The van der Waals surface area contributed by atoms with Gasteiger partial charge in [-0.1, -0.05) is 6.92 Å². The molecule has 1 N–H and O–H groups in total. The lowest BCUT2D eigenvalue weighted by atomic mass is 10.2. The number of hydrogen-bond acceptors (Lipinski definition) is 4. The Labute approximate surface area is 123 Å². The normalized spacial score (nSPS) is 10.8. The zero-order chi connectivity index (χ0) is 14.4. The van der Waals surface area contributed by atoms with Gasteiger partial charge in [-0.3, -0.25) is 0 Å². The van der Waals surface area contributed by atoms with Crippen molar-refractivity contribution in [1.82, 2.24) is 15.3 Å². The van der Waals surface area contributed by atoms with Crippen LogP contribution in [0.15, 0.2) is 40.5 Å². The van der Waals surface area contributed by atoms with E-state index in [9.17, 15) is 4.39 Å². The van der Waals surface area contributed by atoms with Gasteiger partial charge < -0.3 is 5.32 Å². The van der Waals surface area contributed by atoms with Crippen LogP contribution in [0.25, 0.3) is 0 Å². The molecule has 0 amide bonds. The third-order valence-corrected chi connectivity index (χ3v) is 3.74. The largest absolute Gasteiger partial charge is 0.313 e. The maximum atomic E-state index is 13.4. The SMILES string of the molecule is CCCNCc1cc(F)ccc1Sc1nccc(C)n1. The molecule has 0 fully saturated rings. The monoisotopic (exact) mass is 291 g/mol. The van der Waals surface area contributed by atoms with Gasteiger partial charge in [0.2, 0.25) is 0 Å². The first-order valence-electron chi connectivity index (χ1n) is 6.65. The number of aromatic nitrogens is 2. The summed E-state index contributed by atoms with van der Waals surface area (Å²) in [6.07, 6.45) is 2.79. The van der Waals surface area contributed by atoms with Crippen LogP contribution in [0.3, 0.4) is 0 Å². The standard InChI is InChI=1S/C15H18FN3S/c1-3-7-17-10-12-9-13(16)4-5-14(12)20-15-18-8-6-11(2)19-15/h4-6,8-9,17H,3,7,10H2,1-2H3. The van der Waals surface area contributed by atoms with Crippen LogP contribution >= 0.6 is 11.8 Å². The maximum Gasteiger partial charge on any atom is 0.192 e. The second kappa shape index (κ2) is 7.36. The fourth-order valence-corrected chi connectivity index (χ4v) is 2.66. The summed E-state index contributed by atoms with van der Waals surface area (Å²) in [6.45, 7) is 5.61. The molecular weight excluding hydrogens is 273 g/mol. The molecule has 0 bridgehead atoms. The number of benzene rings is 1. The second-order valence-corrected chi connectivity index (χ2v) is 5.52. The van der Waals surface area contributed by atoms with Crippen molar-refractivity contribution >= 4 is 11.8 Å². The van der Waals surface area contributed by atoms with Crippen molar-refractivity contribution in [3.05, 3.63) is 47.5 Å². The van der Waals surface area contributed by atoms with Crippen LogP contribution in [0.1, 0.15) is 24.6 Å². The van der Waals surface area contributed by atoms with Crippen LogP contribution in [0, 0.1) is 12.7 Å². The predicted octanol–water partition coefficient (Wildman–Crippen LogP) is 3.57. The lowest BCUT2D eigenvalue weighted by molar-refractivity contribution is 0.615. The van der Waals surface area contributed by atoms with E-state index in [-0.39, 0.29) is 5.82 Å². The molecular formula is C15H18FN3S. The fraction of sp³-hybridized carbons (Fsp3) is 0.333. The molecule has 0 aliphatic heterocycles. The minimum absolute atomic E-state index is 0.215. The van der Waals surface area contributed by atoms with Crippen LogP contribution in [0.5, 0.6) is 0 Å². The number of rotatable bonds is 6. The summed E-state index contributed by atoms with van der Waals surface area (Å²) in [4.78, 5) is 9.59. The zero-order valence-electron chi connectivity index (χ0n) is 11.7. The van der Waals surface area contributed by atoms with Crippen molar-refractivity contribution in [3.8, 4) is 0 Å². The Bertz CT molecular complexity index is 575. The highest BCUT2D eigenvalue weighted by Gasteiger charge is 2.08. The van der Waals surface area contributed by atoms with Crippen LogP contribution in [0.2, 0.25) is 0 Å². The second-order valence-electron chi connectivity index (χ2n) is 4.51. The highest BCUT2D eigenvalue weighted by Crippen LogP contribution is 2.28. The molecule has 1 aromatic heterocycles. The summed E-state index contributed by atoms with van der Waals surface area (Å²) >= 11 is 1.47. The molecule has 1 aromatic carbocycles. The molecule has 2 aromatic rings. The molecule has 0 aliphatic carbocycles. The van der Waals surface area contributed by atoms with Crippen molar-refractivity contribution in [2.45, 2.75) is 36.9 Å². The lowest BCUT2D eigenvalue weighted by Gasteiger charge is -2.09. The fourth-order valence-electron chi connectivity index (χ4n) is 1.76. The lowest BCUT2D eigenvalue weighted by Crippen LogP contribution is -2.14. The van der Waals surface area contributed by atoms with Gasteiger partial charge in [0.05, 0.1) is 0 Å². The van der Waals surface area contributed by atoms with E-state index in [1.54, 1.807) is 18.3 Å². The molecule has 0 aliphatic rings. The molecule has 3 nitrogen and oxygen atoms in total. The zero-order valence-corrected chi connectivity index (χ0v) is 12.5. The molecule has 0 saturated carbocycles. The topological polar surface area (TPSA) is 37.8 Å². The average Bonchev–Trinajstić information content (AvgIpc) is 2.42. The number of nitrogens with zero attached hydrogens (tertiary/aromatic N) is 2. The highest BCUT2D eigenvalue weighted by atomic mass is 32.2. The molecule has 20 heavy (non-hydrogen) atoms. The van der Waals surface area contributed by atoms with Crippen molar-refractivity contribution in [2.24, 2.45) is 0 Å². The Kier molecular flexibility index (Phi) is 5.49. The van der Waals surface area contributed by atoms with Gasteiger partial charge in [-0.25, -0.2) is 14.4 Å². The Morgan fingerprint density at radius 2 is 2.15 bits per heavy atom. The number of hydrogen-bond donors (Lipinski definition) is 1. The van der Waals surface area contributed by atoms with Crippen LogP contribution < -0.4 is 5.32 Å². The van der Waals surface area contributed by atoms with Crippen molar-refractivity contribution in [2.75, 3.05) is 6.54 Å². The maximum absolute atomic E-state index is 13.4. The summed E-state index contributed by atoms with van der Waals surface area (Å²) in [5, 5.41) is 3.98. The number of halogens is 1. The Morgan fingerprint density at radius 1 is 1.30 bits per heavy atom. The molecule has 0 spiro atoms. The molecule has 2 rings (SSSR count). The Hall–Kier alpha value is -1.46. The first-order valence-corrected chi connectivity index (χ1v) is 7.47. The van der Waals surface area contributed by atoms with E-state index < -0.39 is 0 Å². The molecule has 0 radical (unpaired) electrons. The molecule has 1 heterocycles. The summed E-state index contributed by atoms with van der Waals surface area (Å²) < 4.78 is 13.4. The van der Waals surface area contributed by atoms with Crippen molar-refractivity contribution in [3.63, 3.8) is 0 Å². The smallest absolute Gasteiger partial charge is 0.192 e. The highest BCUT2D eigenvalue weighted by molar-refractivity contribution is 7.99. The van der Waals surface area contributed by atoms with Crippen LogP contribution in [0.4, 0.5) is 4.39 Å². The van der Waals surface area contributed by atoms with Gasteiger partial charge in [0.1, 0.15) is 5.82 Å². The van der Waals surface area contributed by atoms with Crippen molar-refractivity contribution in [1.29, 1.82) is 0 Å². The minimum Gasteiger partial charge on any atom is -0.313 e. The van der Waals surface area contributed by atoms with Gasteiger partial charge >= 0.3 is 0 Å². The van der Waals surface area contributed by atoms with E-state index in [4.69, 9.17) is 0 Å². The van der Waals surface area contributed by atoms with Crippen molar-refractivity contribution < 1.29 is 4.39 Å². The summed E-state index contributed by atoms with van der Waals surface area (Å²) in [6, 6.07) is 6.69. The molecule has 0 saturated heterocycles. The van der Waals surface area contributed by atoms with Crippen LogP contribution in [-0.4, -0.2) is 16.5 Å². The van der Waals surface area contributed by atoms with E-state index in [1.165, 1.54) is 17.8 Å². The van der Waals surface area contributed by atoms with E-state index in [2.05, 4.69) is 22.2 Å². The Morgan fingerprint density at radius 3 is 2.90 bits per heavy atom. The molecule has 5 heteroatoms. The summed E-state index contributed by atoms with van der Waals surface area (Å²) in [5.41, 5.74) is 1.86. The van der Waals surface area contributed by atoms with Gasteiger partial charge in [0.15, 0.2) is 5.16 Å². The summed E-state index contributed by atoms with van der Waals surface area (Å²) in [7, 11) is 0. The van der Waals surface area contributed by atoms with Gasteiger partial charge in [-0.15, -0.1) is 0 Å². The summed E-state index contributed by atoms with van der Waals surface area (Å²) in [5.74, 6) is -0.215. The third kappa shape index (κ3) is 4.28. The molecule has 0 atom stereocenters. The van der Waals surface area contributed by atoms with Gasteiger partial charge in [0.25, 0.3) is 0 Å². The average molecular weight is 291 g/mol. The third-order valence-electron chi connectivity index (χ3n) is 2.74. The predicted molar refractivity (Wildman–Crippen MR) is 79.3 cm³/mol. The molecule has 106 valence electrons. The number of aryl methyl sites for hydroxylation is 1. The van der Waals surface area contributed by atoms with Gasteiger partial charge in [-0.2, -0.15) is 0 Å². The quantitative estimate of drug-likeness (QED) is 0.652. The first kappa shape index (κ1) is 14.9. The van der Waals surface area contributed by atoms with E-state index in [1.807, 2.05) is 13.0 Å². The van der Waals surface area contributed by atoms with E-state index in [0.717, 1.165) is 29.1 Å². The van der Waals surface area contributed by atoms with Crippen LogP contribution in [-0.2, 0) is 6.54 Å². The van der Waals surface area contributed by atoms with Gasteiger partial charge in [-0.05, 0) is 61.5 Å². The van der Waals surface area contributed by atoms with Gasteiger partial charge in [0, 0.05) is 23.3 Å². The number of nitrogens with one attached hydrogen (secondary N) is 1. The first-order chi connectivity index (χ1) is 9.69. The minimum atomic E-state index is -0.215. The molecule has 0 unspecified atom stereocenters. The van der Waals surface area contributed by atoms with E-state index >= 15 is 0 Å². The van der Waals surface area contributed by atoms with E-state index in [0.29, 0.717) is 11.7 Å².